The third kappa shape index (κ3) is 1.96. The van der Waals surface area contributed by atoms with E-state index < -0.39 is 0 Å². The molecule has 0 spiro atoms. The van der Waals surface area contributed by atoms with Gasteiger partial charge in [0, 0.05) is 6.61 Å². The van der Waals surface area contributed by atoms with Crippen LogP contribution in [0.5, 0.6) is 0 Å². The van der Waals surface area contributed by atoms with Crippen LogP contribution < -0.4 is 0 Å². The van der Waals surface area contributed by atoms with Crippen LogP contribution in [0.15, 0.2) is 0 Å². The maximum absolute atomic E-state index is 5.64. The summed E-state index contributed by atoms with van der Waals surface area (Å²) in [6.07, 6.45) is 4.33. The number of hydrogen-bond acceptors (Lipinski definition) is 1. The summed E-state index contributed by atoms with van der Waals surface area (Å²) in [7, 11) is 0. The first-order chi connectivity index (χ1) is 5.29. The Kier molecular flexibility index (Phi) is 3.38. The standard InChI is InChI=1S/C10H20O/c1-4-8(3)9-6-7-11-10(9)5-2/h8-10H,4-7H2,1-3H3. The quantitative estimate of drug-likeness (QED) is 0.610. The summed E-state index contributed by atoms with van der Waals surface area (Å²) in [5.41, 5.74) is 0. The maximum Gasteiger partial charge on any atom is 0.0604 e. The first-order valence-electron chi connectivity index (χ1n) is 4.91. The molecule has 0 saturated carbocycles. The molecule has 1 heteroatoms. The third-order valence-electron chi connectivity index (χ3n) is 3.04. The number of rotatable bonds is 3. The molecule has 0 amide bonds. The lowest BCUT2D eigenvalue weighted by Gasteiger charge is -2.22. The Morgan fingerprint density at radius 1 is 1.45 bits per heavy atom. The normalized spacial score (nSPS) is 34.1. The molecule has 1 aliphatic rings. The van der Waals surface area contributed by atoms with Gasteiger partial charge in [0.15, 0.2) is 0 Å². The van der Waals surface area contributed by atoms with Crippen molar-refractivity contribution in [2.45, 2.75) is 46.1 Å². The molecule has 0 N–H and O–H groups in total. The van der Waals surface area contributed by atoms with Gasteiger partial charge < -0.3 is 4.74 Å². The molecule has 3 atom stereocenters. The first-order valence-corrected chi connectivity index (χ1v) is 4.91. The molecular weight excluding hydrogens is 136 g/mol. The summed E-state index contributed by atoms with van der Waals surface area (Å²) in [6, 6.07) is 0. The Labute approximate surface area is 70.1 Å². The Balaban J connectivity index is 2.42. The fourth-order valence-corrected chi connectivity index (χ4v) is 2.04. The molecule has 1 aliphatic heterocycles. The number of hydrogen-bond donors (Lipinski definition) is 0. The molecule has 3 unspecified atom stereocenters. The van der Waals surface area contributed by atoms with Gasteiger partial charge in [-0.2, -0.15) is 0 Å². The largest absolute Gasteiger partial charge is 0.378 e. The van der Waals surface area contributed by atoms with Crippen molar-refractivity contribution in [3.8, 4) is 0 Å². The SMILES string of the molecule is CCC(C)C1CCOC1CC. The van der Waals surface area contributed by atoms with Gasteiger partial charge in [-0.3, -0.25) is 0 Å². The van der Waals surface area contributed by atoms with Crippen molar-refractivity contribution in [2.24, 2.45) is 11.8 Å². The molecular formula is C10H20O. The van der Waals surface area contributed by atoms with E-state index in [0.717, 1.165) is 18.4 Å². The Morgan fingerprint density at radius 3 is 2.73 bits per heavy atom. The molecule has 1 fully saturated rings. The Bertz CT molecular complexity index is 111. The van der Waals surface area contributed by atoms with Crippen LogP contribution in [0.4, 0.5) is 0 Å². The van der Waals surface area contributed by atoms with Crippen molar-refractivity contribution in [1.29, 1.82) is 0 Å². The van der Waals surface area contributed by atoms with E-state index in [2.05, 4.69) is 20.8 Å². The summed E-state index contributed by atoms with van der Waals surface area (Å²) >= 11 is 0. The topological polar surface area (TPSA) is 9.23 Å². The van der Waals surface area contributed by atoms with Crippen LogP contribution in [0.25, 0.3) is 0 Å². The zero-order chi connectivity index (χ0) is 8.27. The molecule has 0 aromatic rings. The van der Waals surface area contributed by atoms with Crippen LogP contribution in [0, 0.1) is 11.8 Å². The van der Waals surface area contributed by atoms with Crippen molar-refractivity contribution in [3.05, 3.63) is 0 Å². The van der Waals surface area contributed by atoms with Crippen molar-refractivity contribution >= 4 is 0 Å². The molecule has 1 nitrogen and oxygen atoms in total. The Morgan fingerprint density at radius 2 is 2.18 bits per heavy atom. The van der Waals surface area contributed by atoms with E-state index in [1.165, 1.54) is 19.3 Å². The van der Waals surface area contributed by atoms with Crippen molar-refractivity contribution in [3.63, 3.8) is 0 Å². The summed E-state index contributed by atoms with van der Waals surface area (Å²) < 4.78 is 5.64. The summed E-state index contributed by atoms with van der Waals surface area (Å²) in [6.45, 7) is 7.84. The van der Waals surface area contributed by atoms with Crippen LogP contribution in [-0.4, -0.2) is 12.7 Å². The van der Waals surface area contributed by atoms with Gasteiger partial charge in [-0.1, -0.05) is 27.2 Å². The highest BCUT2D eigenvalue weighted by molar-refractivity contribution is 4.78. The number of ether oxygens (including phenoxy) is 1. The van der Waals surface area contributed by atoms with E-state index in [0.29, 0.717) is 6.10 Å². The molecule has 1 heterocycles. The Hall–Kier alpha value is -0.0400. The average molecular weight is 156 g/mol. The summed E-state index contributed by atoms with van der Waals surface area (Å²) in [5.74, 6) is 1.69. The second-order valence-electron chi connectivity index (χ2n) is 3.66. The summed E-state index contributed by atoms with van der Waals surface area (Å²) in [5, 5.41) is 0. The van der Waals surface area contributed by atoms with E-state index in [1.54, 1.807) is 0 Å². The van der Waals surface area contributed by atoms with Gasteiger partial charge in [-0.05, 0) is 24.7 Å². The van der Waals surface area contributed by atoms with E-state index in [1.807, 2.05) is 0 Å². The molecule has 66 valence electrons. The highest BCUT2D eigenvalue weighted by Crippen LogP contribution is 2.31. The molecule has 0 aromatic heterocycles. The highest BCUT2D eigenvalue weighted by atomic mass is 16.5. The lowest BCUT2D eigenvalue weighted by atomic mass is 9.85. The molecule has 0 aromatic carbocycles. The van der Waals surface area contributed by atoms with Crippen molar-refractivity contribution in [1.82, 2.24) is 0 Å². The average Bonchev–Trinajstić information content (AvgIpc) is 2.50. The third-order valence-corrected chi connectivity index (χ3v) is 3.04. The zero-order valence-corrected chi connectivity index (χ0v) is 7.97. The predicted molar refractivity (Wildman–Crippen MR) is 47.6 cm³/mol. The van der Waals surface area contributed by atoms with Gasteiger partial charge in [0.05, 0.1) is 6.10 Å². The van der Waals surface area contributed by atoms with Crippen LogP contribution in [0.1, 0.15) is 40.0 Å². The zero-order valence-electron chi connectivity index (χ0n) is 7.97. The van der Waals surface area contributed by atoms with Gasteiger partial charge >= 0.3 is 0 Å². The van der Waals surface area contributed by atoms with E-state index in [-0.39, 0.29) is 0 Å². The fraction of sp³-hybridized carbons (Fsp3) is 1.00. The maximum atomic E-state index is 5.64. The van der Waals surface area contributed by atoms with E-state index in [9.17, 15) is 0 Å². The van der Waals surface area contributed by atoms with Crippen LogP contribution in [0.3, 0.4) is 0 Å². The van der Waals surface area contributed by atoms with Crippen molar-refractivity contribution < 1.29 is 4.74 Å². The van der Waals surface area contributed by atoms with E-state index in [4.69, 9.17) is 4.74 Å². The molecule has 0 bridgehead atoms. The molecule has 11 heavy (non-hydrogen) atoms. The minimum absolute atomic E-state index is 0.560. The smallest absolute Gasteiger partial charge is 0.0604 e. The molecule has 1 rings (SSSR count). The van der Waals surface area contributed by atoms with Gasteiger partial charge in [-0.15, -0.1) is 0 Å². The van der Waals surface area contributed by atoms with Gasteiger partial charge in [0.2, 0.25) is 0 Å². The van der Waals surface area contributed by atoms with Crippen LogP contribution in [-0.2, 0) is 4.74 Å². The lowest BCUT2D eigenvalue weighted by Crippen LogP contribution is -2.21. The van der Waals surface area contributed by atoms with E-state index >= 15 is 0 Å². The minimum Gasteiger partial charge on any atom is -0.378 e. The molecule has 0 aliphatic carbocycles. The second kappa shape index (κ2) is 4.10. The highest BCUT2D eigenvalue weighted by Gasteiger charge is 2.29. The monoisotopic (exact) mass is 156 g/mol. The first kappa shape index (κ1) is 9.05. The lowest BCUT2D eigenvalue weighted by molar-refractivity contribution is 0.0737. The predicted octanol–water partition coefficient (Wildman–Crippen LogP) is 2.85. The molecule has 0 radical (unpaired) electrons. The van der Waals surface area contributed by atoms with Crippen LogP contribution in [0.2, 0.25) is 0 Å². The van der Waals surface area contributed by atoms with Crippen molar-refractivity contribution in [2.75, 3.05) is 6.61 Å². The second-order valence-corrected chi connectivity index (χ2v) is 3.66. The van der Waals surface area contributed by atoms with Gasteiger partial charge in [-0.25, -0.2) is 0 Å². The van der Waals surface area contributed by atoms with Crippen LogP contribution >= 0.6 is 0 Å². The fourth-order valence-electron chi connectivity index (χ4n) is 2.04. The minimum atomic E-state index is 0.560. The summed E-state index contributed by atoms with van der Waals surface area (Å²) in [4.78, 5) is 0. The van der Waals surface area contributed by atoms with Gasteiger partial charge in [0.1, 0.15) is 0 Å². The molecule has 1 saturated heterocycles. The van der Waals surface area contributed by atoms with Gasteiger partial charge in [0.25, 0.3) is 0 Å².